The van der Waals surface area contributed by atoms with Crippen molar-refractivity contribution in [3.8, 4) is 0 Å². The highest BCUT2D eigenvalue weighted by Gasteiger charge is 1.95. The molecular weight excluding hydrogens is 88.1 g/mol. The van der Waals surface area contributed by atoms with Crippen LogP contribution in [-0.2, 0) is 0 Å². The van der Waals surface area contributed by atoms with Crippen LogP contribution in [-0.4, -0.2) is 10.2 Å². The van der Waals surface area contributed by atoms with Gasteiger partial charge in [-0.2, -0.15) is 0 Å². The second kappa shape index (κ2) is 2.40. The Morgan fingerprint density at radius 3 is 1.33 bits per heavy atom. The summed E-state index contributed by atoms with van der Waals surface area (Å²) in [7, 11) is 2.06. The summed E-state index contributed by atoms with van der Waals surface area (Å²) in [6.07, 6.45) is 0. The van der Waals surface area contributed by atoms with E-state index in [0.29, 0.717) is 0 Å². The molecule has 0 spiro atoms. The van der Waals surface area contributed by atoms with Gasteiger partial charge in [-0.05, 0) is 5.92 Å². The van der Waals surface area contributed by atoms with Crippen LogP contribution in [0.15, 0.2) is 0 Å². The minimum atomic E-state index is 0.864. The van der Waals surface area contributed by atoms with Crippen LogP contribution in [0.2, 0.25) is 5.54 Å². The zero-order valence-electron chi connectivity index (χ0n) is 4.86. The zero-order valence-corrected chi connectivity index (χ0v) is 6.28. The van der Waals surface area contributed by atoms with Gasteiger partial charge in [-0.3, -0.25) is 0 Å². The minimum absolute atomic E-state index is 0.864. The van der Waals surface area contributed by atoms with Crippen LogP contribution in [0.5, 0.6) is 0 Å². The van der Waals surface area contributed by atoms with Crippen molar-refractivity contribution in [1.29, 1.82) is 0 Å². The summed E-state index contributed by atoms with van der Waals surface area (Å²) in [5.74, 6) is 0.864. The average Bonchev–Trinajstić information content (AvgIpc) is 1.36. The van der Waals surface area contributed by atoms with Crippen molar-refractivity contribution in [2.45, 2.75) is 26.3 Å². The van der Waals surface area contributed by atoms with Gasteiger partial charge in [0.1, 0.15) is 0 Å². The van der Waals surface area contributed by atoms with Gasteiger partial charge >= 0.3 is 0 Å². The maximum absolute atomic E-state index is 2.25. The molecular formula is C5H13Si. The molecule has 37 valence electrons. The first-order chi connectivity index (χ1) is 2.64. The summed E-state index contributed by atoms with van der Waals surface area (Å²) >= 11 is 0. The summed E-state index contributed by atoms with van der Waals surface area (Å²) in [5.41, 5.74) is 0.880. The van der Waals surface area contributed by atoms with E-state index >= 15 is 0 Å². The van der Waals surface area contributed by atoms with Crippen molar-refractivity contribution in [3.05, 3.63) is 0 Å². The standard InChI is InChI=1S/C5H13Si/c1-4(2)5(3)6/h4-5H,6H2,1-3H3. The Morgan fingerprint density at radius 2 is 1.33 bits per heavy atom. The molecule has 0 aliphatic heterocycles. The van der Waals surface area contributed by atoms with E-state index in [2.05, 4.69) is 31.0 Å². The van der Waals surface area contributed by atoms with E-state index in [1.54, 1.807) is 0 Å². The Kier molecular flexibility index (Phi) is 2.49. The van der Waals surface area contributed by atoms with Crippen molar-refractivity contribution in [3.63, 3.8) is 0 Å². The molecule has 0 rings (SSSR count). The first-order valence-electron chi connectivity index (χ1n) is 2.47. The quantitative estimate of drug-likeness (QED) is 0.434. The van der Waals surface area contributed by atoms with E-state index in [-0.39, 0.29) is 0 Å². The van der Waals surface area contributed by atoms with Crippen LogP contribution < -0.4 is 0 Å². The second-order valence-electron chi connectivity index (χ2n) is 2.22. The second-order valence-corrected chi connectivity index (χ2v) is 3.51. The molecule has 0 aromatic rings. The van der Waals surface area contributed by atoms with Gasteiger partial charge in [0.25, 0.3) is 0 Å². The Balaban J connectivity index is 2.99. The lowest BCUT2D eigenvalue weighted by Crippen LogP contribution is -1.93. The predicted octanol–water partition coefficient (Wildman–Crippen LogP) is 1.08. The molecule has 0 aromatic carbocycles. The van der Waals surface area contributed by atoms with E-state index in [0.717, 1.165) is 11.5 Å². The third-order valence-electron chi connectivity index (χ3n) is 1.14. The Bertz CT molecular complexity index is 24.9. The zero-order chi connectivity index (χ0) is 5.15. The van der Waals surface area contributed by atoms with E-state index < -0.39 is 0 Å². The molecule has 1 atom stereocenters. The summed E-state index contributed by atoms with van der Waals surface area (Å²) in [6.45, 7) is 6.75. The Labute approximate surface area is 43.4 Å². The van der Waals surface area contributed by atoms with E-state index in [4.69, 9.17) is 0 Å². The van der Waals surface area contributed by atoms with Gasteiger partial charge < -0.3 is 0 Å². The SMILES string of the molecule is CC(C)C(C)[SiH2]. The van der Waals surface area contributed by atoms with Crippen molar-refractivity contribution < 1.29 is 0 Å². The first-order valence-corrected chi connectivity index (χ1v) is 3.29. The Hall–Kier alpha value is 0.217. The number of hydrogen-bond donors (Lipinski definition) is 0. The molecule has 0 amide bonds. The Morgan fingerprint density at radius 1 is 1.17 bits per heavy atom. The summed E-state index contributed by atoms with van der Waals surface area (Å²) < 4.78 is 0. The molecule has 1 unspecified atom stereocenters. The third kappa shape index (κ3) is 2.45. The smallest absolute Gasteiger partial charge is 0.0121 e. The lowest BCUT2D eigenvalue weighted by atomic mass is 10.1. The maximum atomic E-state index is 2.25. The summed E-state index contributed by atoms with van der Waals surface area (Å²) in [6, 6.07) is 0. The fourth-order valence-corrected chi connectivity index (χ4v) is 0. The molecule has 0 fully saturated rings. The van der Waals surface area contributed by atoms with Gasteiger partial charge in [0.15, 0.2) is 0 Å². The lowest BCUT2D eigenvalue weighted by molar-refractivity contribution is 0.625. The topological polar surface area (TPSA) is 0 Å². The fourth-order valence-electron chi connectivity index (χ4n) is 0. The van der Waals surface area contributed by atoms with Gasteiger partial charge in [0.2, 0.25) is 0 Å². The maximum Gasteiger partial charge on any atom is 0.0121 e. The van der Waals surface area contributed by atoms with E-state index in [1.165, 1.54) is 0 Å². The molecule has 0 saturated heterocycles. The summed E-state index contributed by atoms with van der Waals surface area (Å²) in [4.78, 5) is 0. The van der Waals surface area contributed by atoms with Gasteiger partial charge in [-0.25, -0.2) is 0 Å². The van der Waals surface area contributed by atoms with Gasteiger partial charge in [0.05, 0.1) is 0 Å². The molecule has 0 N–H and O–H groups in total. The molecule has 1 radical (unpaired) electrons. The van der Waals surface area contributed by atoms with Crippen LogP contribution in [0.4, 0.5) is 0 Å². The highest BCUT2D eigenvalue weighted by molar-refractivity contribution is 6.11. The number of rotatable bonds is 1. The molecule has 0 aliphatic rings. The van der Waals surface area contributed by atoms with Crippen molar-refractivity contribution in [2.75, 3.05) is 0 Å². The van der Waals surface area contributed by atoms with Crippen LogP contribution in [0.3, 0.4) is 0 Å². The molecule has 0 bridgehead atoms. The highest BCUT2D eigenvalue weighted by Crippen LogP contribution is 2.09. The van der Waals surface area contributed by atoms with E-state index in [9.17, 15) is 0 Å². The van der Waals surface area contributed by atoms with Crippen LogP contribution in [0.25, 0.3) is 0 Å². The number of hydrogen-bond acceptors (Lipinski definition) is 0. The predicted molar refractivity (Wildman–Crippen MR) is 32.8 cm³/mol. The molecule has 0 saturated carbocycles. The molecule has 0 aliphatic carbocycles. The van der Waals surface area contributed by atoms with Gasteiger partial charge in [-0.1, -0.05) is 26.3 Å². The van der Waals surface area contributed by atoms with Gasteiger partial charge in [-0.15, -0.1) is 0 Å². The van der Waals surface area contributed by atoms with E-state index in [1.807, 2.05) is 0 Å². The molecule has 0 aromatic heterocycles. The minimum Gasteiger partial charge on any atom is -0.0655 e. The van der Waals surface area contributed by atoms with Crippen molar-refractivity contribution in [1.82, 2.24) is 0 Å². The normalized spacial score (nSPS) is 15.5. The monoisotopic (exact) mass is 101 g/mol. The fraction of sp³-hybridized carbons (Fsp3) is 1.00. The first kappa shape index (κ1) is 6.22. The van der Waals surface area contributed by atoms with Crippen LogP contribution in [0, 0.1) is 5.92 Å². The van der Waals surface area contributed by atoms with Gasteiger partial charge in [0, 0.05) is 10.2 Å². The lowest BCUT2D eigenvalue weighted by Gasteiger charge is -2.05. The highest BCUT2D eigenvalue weighted by atomic mass is 28.1. The summed E-state index contributed by atoms with van der Waals surface area (Å²) in [5, 5.41) is 0. The van der Waals surface area contributed by atoms with Crippen molar-refractivity contribution in [2.24, 2.45) is 5.92 Å². The average molecular weight is 101 g/mol. The third-order valence-corrected chi connectivity index (χ3v) is 2.08. The van der Waals surface area contributed by atoms with Crippen LogP contribution in [0.1, 0.15) is 20.8 Å². The molecule has 6 heavy (non-hydrogen) atoms. The molecule has 0 nitrogen and oxygen atoms in total. The molecule has 0 heterocycles. The van der Waals surface area contributed by atoms with Crippen LogP contribution >= 0.6 is 0 Å². The van der Waals surface area contributed by atoms with Crippen molar-refractivity contribution >= 4 is 10.2 Å². The largest absolute Gasteiger partial charge is 0.0655 e. The molecule has 1 heteroatoms.